The van der Waals surface area contributed by atoms with Gasteiger partial charge in [-0.1, -0.05) is 0 Å². The van der Waals surface area contributed by atoms with Gasteiger partial charge in [0.05, 0.1) is 14.2 Å². The molecule has 7 nitrogen and oxygen atoms in total. The van der Waals surface area contributed by atoms with Crippen molar-refractivity contribution in [3.63, 3.8) is 0 Å². The molecule has 138 valence electrons. The fraction of sp³-hybridized carbons (Fsp3) is 0.412. The number of hydrogen-bond acceptors (Lipinski definition) is 5. The molecule has 1 amide bonds. The number of carbonyl (C=O) groups excluding carboxylic acids is 1. The van der Waals surface area contributed by atoms with Crippen LogP contribution >= 0.6 is 12.2 Å². The van der Waals surface area contributed by atoms with Crippen LogP contribution in [0.25, 0.3) is 6.08 Å². The van der Waals surface area contributed by atoms with E-state index < -0.39 is 0 Å². The van der Waals surface area contributed by atoms with Crippen molar-refractivity contribution >= 4 is 29.3 Å². The molecule has 0 saturated carbocycles. The van der Waals surface area contributed by atoms with Crippen LogP contribution in [0.1, 0.15) is 12.0 Å². The van der Waals surface area contributed by atoms with Gasteiger partial charge in [0, 0.05) is 39.5 Å². The lowest BCUT2D eigenvalue weighted by atomic mass is 10.2. The minimum absolute atomic E-state index is 0.301. The standard InChI is InChI=1S/C17H25N3O4S/c1-20(17(25)18-8-5-9-22-2)19-16(21)7-6-13-10-14(23-3)12-15(11-13)24-4/h6-7,10-12H,5,8-9H2,1-4H3,(H,18,25)(H,19,21)/b7-6+. The molecule has 0 spiro atoms. The third-order valence-corrected chi connectivity index (χ3v) is 3.60. The summed E-state index contributed by atoms with van der Waals surface area (Å²) in [6.07, 6.45) is 3.91. The maximum Gasteiger partial charge on any atom is 0.262 e. The van der Waals surface area contributed by atoms with Gasteiger partial charge in [-0.2, -0.15) is 0 Å². The van der Waals surface area contributed by atoms with E-state index in [0.717, 1.165) is 12.0 Å². The Labute approximate surface area is 153 Å². The van der Waals surface area contributed by atoms with Crippen molar-refractivity contribution in [3.05, 3.63) is 29.8 Å². The maximum absolute atomic E-state index is 12.0. The van der Waals surface area contributed by atoms with Gasteiger partial charge in [-0.05, 0) is 42.4 Å². The first-order valence-electron chi connectivity index (χ1n) is 7.72. The molecule has 1 aromatic carbocycles. The fourth-order valence-corrected chi connectivity index (χ4v) is 2.03. The van der Waals surface area contributed by atoms with Gasteiger partial charge in [0.1, 0.15) is 11.5 Å². The topological polar surface area (TPSA) is 72.1 Å². The van der Waals surface area contributed by atoms with Gasteiger partial charge in [-0.25, -0.2) is 0 Å². The molecule has 1 aromatic rings. The number of rotatable bonds is 8. The molecule has 1 rings (SSSR count). The zero-order valence-electron chi connectivity index (χ0n) is 15.0. The molecule has 0 saturated heterocycles. The normalized spacial score (nSPS) is 10.4. The number of ether oxygens (including phenoxy) is 3. The molecule has 0 unspecified atom stereocenters. The second kappa shape index (κ2) is 11.3. The molecular formula is C17H25N3O4S. The van der Waals surface area contributed by atoms with Gasteiger partial charge in [-0.15, -0.1) is 0 Å². The summed E-state index contributed by atoms with van der Waals surface area (Å²) in [5, 5.41) is 4.92. The summed E-state index contributed by atoms with van der Waals surface area (Å²) < 4.78 is 15.4. The number of methoxy groups -OCH3 is 3. The van der Waals surface area contributed by atoms with Gasteiger partial charge in [0.2, 0.25) is 0 Å². The van der Waals surface area contributed by atoms with E-state index in [-0.39, 0.29) is 5.91 Å². The minimum Gasteiger partial charge on any atom is -0.497 e. The van der Waals surface area contributed by atoms with E-state index in [2.05, 4.69) is 10.7 Å². The lowest BCUT2D eigenvalue weighted by Gasteiger charge is -2.20. The number of hydrogen-bond donors (Lipinski definition) is 2. The van der Waals surface area contributed by atoms with E-state index in [9.17, 15) is 4.79 Å². The van der Waals surface area contributed by atoms with Gasteiger partial charge < -0.3 is 19.5 Å². The number of nitrogens with one attached hydrogen (secondary N) is 2. The number of benzene rings is 1. The highest BCUT2D eigenvalue weighted by molar-refractivity contribution is 7.80. The van der Waals surface area contributed by atoms with Crippen molar-refractivity contribution in [2.24, 2.45) is 0 Å². The van der Waals surface area contributed by atoms with Crippen LogP contribution < -0.4 is 20.2 Å². The lowest BCUT2D eigenvalue weighted by Crippen LogP contribution is -2.47. The van der Waals surface area contributed by atoms with E-state index in [4.69, 9.17) is 26.4 Å². The van der Waals surface area contributed by atoms with Crippen molar-refractivity contribution in [1.29, 1.82) is 0 Å². The van der Waals surface area contributed by atoms with Crippen LogP contribution in [0.2, 0.25) is 0 Å². The zero-order chi connectivity index (χ0) is 18.7. The van der Waals surface area contributed by atoms with Crippen molar-refractivity contribution in [2.75, 3.05) is 41.5 Å². The summed E-state index contributed by atoms with van der Waals surface area (Å²) in [7, 11) is 6.47. The SMILES string of the molecule is COCCCNC(=S)N(C)NC(=O)/C=C/c1cc(OC)cc(OC)c1. The van der Waals surface area contributed by atoms with Crippen LogP contribution in [0.3, 0.4) is 0 Å². The first-order valence-corrected chi connectivity index (χ1v) is 8.13. The first-order chi connectivity index (χ1) is 12.0. The predicted octanol–water partition coefficient (Wildman–Crippen LogP) is 1.59. The number of nitrogens with zero attached hydrogens (tertiary/aromatic N) is 1. The number of thiocarbonyl (C=S) groups is 1. The second-order valence-corrected chi connectivity index (χ2v) is 5.48. The second-order valence-electron chi connectivity index (χ2n) is 5.09. The van der Waals surface area contributed by atoms with Crippen molar-refractivity contribution < 1.29 is 19.0 Å². The number of carbonyl (C=O) groups is 1. The zero-order valence-corrected chi connectivity index (χ0v) is 15.8. The summed E-state index contributed by atoms with van der Waals surface area (Å²) in [5.41, 5.74) is 3.44. The molecule has 25 heavy (non-hydrogen) atoms. The third kappa shape index (κ3) is 7.86. The molecule has 8 heteroatoms. The van der Waals surface area contributed by atoms with Crippen molar-refractivity contribution in [3.8, 4) is 11.5 Å². The summed E-state index contributed by atoms with van der Waals surface area (Å²) in [5.74, 6) is 1.00. The van der Waals surface area contributed by atoms with Gasteiger partial charge in [0.25, 0.3) is 5.91 Å². The average molecular weight is 367 g/mol. The van der Waals surface area contributed by atoms with E-state index in [1.807, 2.05) is 0 Å². The maximum atomic E-state index is 12.0. The Kier molecular flexibility index (Phi) is 9.34. The predicted molar refractivity (Wildman–Crippen MR) is 102 cm³/mol. The Bertz CT molecular complexity index is 585. The van der Waals surface area contributed by atoms with Crippen LogP contribution in [0.15, 0.2) is 24.3 Å². The molecule has 2 N–H and O–H groups in total. The molecule has 0 radical (unpaired) electrons. The van der Waals surface area contributed by atoms with Gasteiger partial charge >= 0.3 is 0 Å². The molecule has 0 aliphatic rings. The Morgan fingerprint density at radius 2 is 1.84 bits per heavy atom. The molecule has 0 bridgehead atoms. The largest absolute Gasteiger partial charge is 0.497 e. The summed E-state index contributed by atoms with van der Waals surface area (Å²) >= 11 is 5.19. The van der Waals surface area contributed by atoms with Crippen LogP contribution in [0.5, 0.6) is 11.5 Å². The smallest absolute Gasteiger partial charge is 0.262 e. The molecular weight excluding hydrogens is 342 g/mol. The molecule has 0 aliphatic heterocycles. The number of hydrazine groups is 1. The summed E-state index contributed by atoms with van der Waals surface area (Å²) in [6, 6.07) is 5.37. The molecule has 0 aromatic heterocycles. The van der Waals surface area contributed by atoms with Crippen molar-refractivity contribution in [2.45, 2.75) is 6.42 Å². The summed E-state index contributed by atoms with van der Waals surface area (Å²) in [4.78, 5) is 12.0. The Balaban J connectivity index is 2.55. The molecule has 0 atom stereocenters. The van der Waals surface area contributed by atoms with Gasteiger partial charge in [-0.3, -0.25) is 15.2 Å². The highest BCUT2D eigenvalue weighted by Crippen LogP contribution is 2.23. The highest BCUT2D eigenvalue weighted by Gasteiger charge is 2.06. The first kappa shape index (κ1) is 20.7. The quantitative estimate of drug-likeness (QED) is 0.313. The Morgan fingerprint density at radius 1 is 1.20 bits per heavy atom. The van der Waals surface area contributed by atoms with Crippen molar-refractivity contribution in [1.82, 2.24) is 15.8 Å². The van der Waals surface area contributed by atoms with Crippen LogP contribution in [0.4, 0.5) is 0 Å². The van der Waals surface area contributed by atoms with E-state index in [1.165, 1.54) is 11.1 Å². The average Bonchev–Trinajstić information content (AvgIpc) is 2.62. The minimum atomic E-state index is -0.301. The van der Waals surface area contributed by atoms with Crippen LogP contribution in [0, 0.1) is 0 Å². The van der Waals surface area contributed by atoms with Crippen LogP contribution in [-0.4, -0.2) is 57.6 Å². The van der Waals surface area contributed by atoms with Gasteiger partial charge in [0.15, 0.2) is 5.11 Å². The molecule has 0 fully saturated rings. The van der Waals surface area contributed by atoms with E-state index >= 15 is 0 Å². The number of amides is 1. The Hall–Kier alpha value is -2.32. The summed E-state index contributed by atoms with van der Waals surface area (Å²) in [6.45, 7) is 1.32. The molecule has 0 heterocycles. The Morgan fingerprint density at radius 3 is 2.40 bits per heavy atom. The van der Waals surface area contributed by atoms with Crippen LogP contribution in [-0.2, 0) is 9.53 Å². The van der Waals surface area contributed by atoms with E-state index in [0.29, 0.717) is 29.8 Å². The van der Waals surface area contributed by atoms with E-state index in [1.54, 1.807) is 52.7 Å². The third-order valence-electron chi connectivity index (χ3n) is 3.18. The highest BCUT2D eigenvalue weighted by atomic mass is 32.1. The monoisotopic (exact) mass is 367 g/mol. The molecule has 0 aliphatic carbocycles. The lowest BCUT2D eigenvalue weighted by molar-refractivity contribution is -0.119. The fourth-order valence-electron chi connectivity index (χ4n) is 1.88.